The SMILES string of the molecule is CCCn1c(=O)c2ccc(C(=O)N[C@@H](C)CC)cc2n2c(SCC(N)=O)nnc12. The first-order chi connectivity index (χ1) is 13.9. The maximum atomic E-state index is 13.0. The van der Waals surface area contributed by atoms with Gasteiger partial charge < -0.3 is 11.1 Å². The van der Waals surface area contributed by atoms with E-state index in [0.717, 1.165) is 24.6 Å². The van der Waals surface area contributed by atoms with Gasteiger partial charge in [0.25, 0.3) is 11.5 Å². The monoisotopic (exact) mass is 416 g/mol. The van der Waals surface area contributed by atoms with Gasteiger partial charge in [0.15, 0.2) is 5.16 Å². The van der Waals surface area contributed by atoms with Crippen molar-refractivity contribution >= 4 is 40.3 Å². The molecule has 3 N–H and O–H groups in total. The van der Waals surface area contributed by atoms with Gasteiger partial charge in [-0.05, 0) is 38.0 Å². The van der Waals surface area contributed by atoms with Crippen molar-refractivity contribution in [3.8, 4) is 0 Å². The Morgan fingerprint density at radius 1 is 1.28 bits per heavy atom. The summed E-state index contributed by atoms with van der Waals surface area (Å²) in [5.74, 6) is -0.294. The molecule has 0 saturated carbocycles. The van der Waals surface area contributed by atoms with Crippen LogP contribution in [-0.2, 0) is 11.3 Å². The summed E-state index contributed by atoms with van der Waals surface area (Å²) in [4.78, 5) is 36.8. The van der Waals surface area contributed by atoms with E-state index in [1.54, 1.807) is 27.2 Å². The molecule has 0 aliphatic carbocycles. The highest BCUT2D eigenvalue weighted by molar-refractivity contribution is 7.99. The summed E-state index contributed by atoms with van der Waals surface area (Å²) < 4.78 is 3.27. The van der Waals surface area contributed by atoms with Gasteiger partial charge in [0, 0.05) is 18.2 Å². The third-order valence-electron chi connectivity index (χ3n) is 4.61. The maximum absolute atomic E-state index is 13.0. The Bertz CT molecular complexity index is 1140. The molecule has 0 fully saturated rings. The number of hydrogen-bond donors (Lipinski definition) is 2. The van der Waals surface area contributed by atoms with Crippen LogP contribution in [-0.4, -0.2) is 42.8 Å². The Labute approximate surface area is 171 Å². The molecule has 0 unspecified atom stereocenters. The van der Waals surface area contributed by atoms with Gasteiger partial charge in [-0.3, -0.25) is 23.4 Å². The number of nitrogens with one attached hydrogen (secondary N) is 1. The Balaban J connectivity index is 2.24. The first-order valence-electron chi connectivity index (χ1n) is 9.51. The third kappa shape index (κ3) is 4.12. The van der Waals surface area contributed by atoms with Gasteiger partial charge in [-0.2, -0.15) is 0 Å². The van der Waals surface area contributed by atoms with Crippen LogP contribution in [0.2, 0.25) is 0 Å². The van der Waals surface area contributed by atoms with Crippen LogP contribution in [0.4, 0.5) is 0 Å². The lowest BCUT2D eigenvalue weighted by Crippen LogP contribution is -2.32. The number of fused-ring (bicyclic) bond motifs is 3. The fraction of sp³-hybridized carbons (Fsp3) is 0.421. The molecule has 0 aliphatic heterocycles. The number of hydrogen-bond acceptors (Lipinski definition) is 6. The lowest BCUT2D eigenvalue weighted by molar-refractivity contribution is -0.115. The van der Waals surface area contributed by atoms with Crippen molar-refractivity contribution in [2.45, 2.75) is 51.4 Å². The number of carbonyl (C=O) groups excluding carboxylic acids is 2. The molecule has 0 bridgehead atoms. The van der Waals surface area contributed by atoms with Gasteiger partial charge in [0.1, 0.15) is 0 Å². The fourth-order valence-corrected chi connectivity index (χ4v) is 3.67. The van der Waals surface area contributed by atoms with E-state index in [4.69, 9.17) is 5.73 Å². The number of aryl methyl sites for hydroxylation is 1. The Morgan fingerprint density at radius 2 is 2.03 bits per heavy atom. The molecule has 2 aromatic heterocycles. The van der Waals surface area contributed by atoms with Crippen LogP contribution in [0.3, 0.4) is 0 Å². The van der Waals surface area contributed by atoms with Gasteiger partial charge >= 0.3 is 0 Å². The number of nitrogens with zero attached hydrogens (tertiary/aromatic N) is 4. The van der Waals surface area contributed by atoms with Crippen molar-refractivity contribution in [3.63, 3.8) is 0 Å². The lowest BCUT2D eigenvalue weighted by atomic mass is 10.1. The smallest absolute Gasteiger partial charge is 0.262 e. The van der Waals surface area contributed by atoms with E-state index < -0.39 is 5.91 Å². The van der Waals surface area contributed by atoms with E-state index in [2.05, 4.69) is 15.5 Å². The molecule has 9 nitrogen and oxygen atoms in total. The lowest BCUT2D eigenvalue weighted by Gasteiger charge is -2.13. The zero-order chi connectivity index (χ0) is 21.1. The Kier molecular flexibility index (Phi) is 6.21. The van der Waals surface area contributed by atoms with Gasteiger partial charge in [-0.25, -0.2) is 0 Å². The number of carbonyl (C=O) groups is 2. The number of thioether (sulfide) groups is 1. The molecular formula is C19H24N6O3S. The average molecular weight is 417 g/mol. The van der Waals surface area contributed by atoms with E-state index in [9.17, 15) is 14.4 Å². The maximum Gasteiger partial charge on any atom is 0.262 e. The molecule has 3 aromatic rings. The summed E-state index contributed by atoms with van der Waals surface area (Å²) in [6, 6.07) is 4.99. The van der Waals surface area contributed by atoms with Crippen LogP contribution < -0.4 is 16.6 Å². The van der Waals surface area contributed by atoms with Crippen LogP contribution in [0.5, 0.6) is 0 Å². The standard InChI is InChI=1S/C19H24N6O3S/c1-4-8-24-17(28)13-7-6-12(16(27)21-11(3)5-2)9-14(13)25-18(24)22-23-19(25)29-10-15(20)26/h6-7,9,11H,4-5,8,10H2,1-3H3,(H2,20,26)(H,21,27)/t11-/m0/s1. The number of rotatable bonds is 8. The molecule has 1 aromatic carbocycles. The largest absolute Gasteiger partial charge is 0.369 e. The van der Waals surface area contributed by atoms with E-state index in [-0.39, 0.29) is 23.3 Å². The zero-order valence-corrected chi connectivity index (χ0v) is 17.5. The molecule has 1 atom stereocenters. The van der Waals surface area contributed by atoms with Crippen molar-refractivity contribution in [3.05, 3.63) is 34.1 Å². The topological polar surface area (TPSA) is 124 Å². The van der Waals surface area contributed by atoms with Crippen molar-refractivity contribution < 1.29 is 9.59 Å². The highest BCUT2D eigenvalue weighted by atomic mass is 32.2. The van der Waals surface area contributed by atoms with Gasteiger partial charge in [-0.15, -0.1) is 10.2 Å². The van der Waals surface area contributed by atoms with Gasteiger partial charge in [0.2, 0.25) is 11.7 Å². The predicted molar refractivity (Wildman–Crippen MR) is 112 cm³/mol. The normalized spacial score (nSPS) is 12.4. The summed E-state index contributed by atoms with van der Waals surface area (Å²) >= 11 is 1.14. The van der Waals surface area contributed by atoms with Crippen molar-refractivity contribution in [2.24, 2.45) is 5.73 Å². The number of aromatic nitrogens is 4. The quantitative estimate of drug-likeness (QED) is 0.537. The van der Waals surface area contributed by atoms with E-state index in [1.807, 2.05) is 20.8 Å². The molecule has 2 heterocycles. The van der Waals surface area contributed by atoms with Crippen molar-refractivity contribution in [1.29, 1.82) is 0 Å². The molecule has 2 amide bonds. The van der Waals surface area contributed by atoms with Crippen LogP contribution in [0, 0.1) is 0 Å². The zero-order valence-electron chi connectivity index (χ0n) is 16.6. The second-order valence-corrected chi connectivity index (χ2v) is 7.79. The third-order valence-corrected chi connectivity index (χ3v) is 5.57. The highest BCUT2D eigenvalue weighted by Crippen LogP contribution is 2.22. The number of amides is 2. The van der Waals surface area contributed by atoms with E-state index in [0.29, 0.717) is 33.9 Å². The van der Waals surface area contributed by atoms with Crippen molar-refractivity contribution in [2.75, 3.05) is 5.75 Å². The summed E-state index contributed by atoms with van der Waals surface area (Å²) in [5.41, 5.74) is 6.03. The minimum absolute atomic E-state index is 0.0311. The summed E-state index contributed by atoms with van der Waals surface area (Å²) in [7, 11) is 0. The first-order valence-corrected chi connectivity index (χ1v) is 10.5. The van der Waals surface area contributed by atoms with Gasteiger partial charge in [0.05, 0.1) is 16.7 Å². The van der Waals surface area contributed by atoms with E-state index >= 15 is 0 Å². The first kappa shape index (κ1) is 20.8. The minimum Gasteiger partial charge on any atom is -0.369 e. The van der Waals surface area contributed by atoms with Gasteiger partial charge in [-0.1, -0.05) is 25.6 Å². The second kappa shape index (κ2) is 8.64. The fourth-order valence-electron chi connectivity index (χ4n) is 2.99. The second-order valence-electron chi connectivity index (χ2n) is 6.84. The number of benzene rings is 1. The van der Waals surface area contributed by atoms with Crippen molar-refractivity contribution in [1.82, 2.24) is 24.5 Å². The minimum atomic E-state index is -0.480. The summed E-state index contributed by atoms with van der Waals surface area (Å²) in [5, 5.41) is 12.1. The molecule has 154 valence electrons. The number of primary amides is 1. The Hall–Kier alpha value is -2.88. The Morgan fingerprint density at radius 3 is 2.69 bits per heavy atom. The molecule has 0 saturated heterocycles. The average Bonchev–Trinajstić information content (AvgIpc) is 3.12. The molecular weight excluding hydrogens is 392 g/mol. The van der Waals surface area contributed by atoms with Crippen LogP contribution in [0.1, 0.15) is 44.0 Å². The summed E-state index contributed by atoms with van der Waals surface area (Å²) in [6.07, 6.45) is 1.55. The summed E-state index contributed by atoms with van der Waals surface area (Å²) in [6.45, 7) is 6.37. The van der Waals surface area contributed by atoms with E-state index in [1.165, 1.54) is 0 Å². The molecule has 10 heteroatoms. The molecule has 0 aliphatic rings. The highest BCUT2D eigenvalue weighted by Gasteiger charge is 2.19. The molecule has 3 rings (SSSR count). The molecule has 29 heavy (non-hydrogen) atoms. The molecule has 0 radical (unpaired) electrons. The number of nitrogens with two attached hydrogens (primary N) is 1. The predicted octanol–water partition coefficient (Wildman–Crippen LogP) is 1.56. The van der Waals surface area contributed by atoms with Crippen LogP contribution in [0.15, 0.2) is 28.2 Å². The van der Waals surface area contributed by atoms with Crippen LogP contribution in [0.25, 0.3) is 16.7 Å². The molecule has 0 spiro atoms. The van der Waals surface area contributed by atoms with Crippen LogP contribution >= 0.6 is 11.8 Å².